The van der Waals surface area contributed by atoms with Crippen molar-refractivity contribution in [3.05, 3.63) is 35.9 Å². The molecule has 1 nitrogen and oxygen atoms in total. The molecule has 1 rings (SSSR count). The first-order chi connectivity index (χ1) is 4.43. The Labute approximate surface area is 59.1 Å². The summed E-state index contributed by atoms with van der Waals surface area (Å²) in [7, 11) is 0. The van der Waals surface area contributed by atoms with Crippen molar-refractivity contribution in [2.24, 2.45) is 4.51 Å². The topological polar surface area (TPSA) is 12.4 Å². The average Bonchev–Trinajstić information content (AvgIpc) is 1.91. The molecule has 1 aromatic carbocycles. The second-order valence-corrected chi connectivity index (χ2v) is 1.83. The molecule has 0 amide bonds. The van der Waals surface area contributed by atoms with E-state index in [1.807, 2.05) is 30.3 Å². The van der Waals surface area contributed by atoms with Gasteiger partial charge in [-0.15, -0.1) is 0 Å². The van der Waals surface area contributed by atoms with Gasteiger partial charge < -0.3 is 0 Å². The number of hydrogen-bond donors (Lipinski definition) is 0. The molecule has 0 bridgehead atoms. The summed E-state index contributed by atoms with van der Waals surface area (Å²) in [5.74, 6) is 0. The van der Waals surface area contributed by atoms with Crippen LogP contribution in [0.25, 0.3) is 0 Å². The third-order valence-corrected chi connectivity index (χ3v) is 1.10. The van der Waals surface area contributed by atoms with E-state index in [0.717, 1.165) is 5.56 Å². The minimum Gasteiger partial charge on any atom is -0.185 e. The Morgan fingerprint density at radius 2 is 1.89 bits per heavy atom. The fourth-order valence-corrected chi connectivity index (χ4v) is 0.708. The third-order valence-electron chi connectivity index (χ3n) is 0.997. The van der Waals surface area contributed by atoms with Gasteiger partial charge in [-0.1, -0.05) is 30.3 Å². The van der Waals surface area contributed by atoms with Crippen LogP contribution >= 0.6 is 11.8 Å². The van der Waals surface area contributed by atoms with Gasteiger partial charge >= 0.3 is 0 Å². The first-order valence-electron chi connectivity index (χ1n) is 2.63. The third kappa shape index (κ3) is 1.86. The maximum atomic E-state index is 5.11. The molecule has 0 unspecified atom stereocenters. The lowest BCUT2D eigenvalue weighted by molar-refractivity contribution is 1.67. The van der Waals surface area contributed by atoms with E-state index in [0.29, 0.717) is 0 Å². The van der Waals surface area contributed by atoms with E-state index in [2.05, 4.69) is 4.51 Å². The molecule has 0 heterocycles. The number of halogens is 1. The molecule has 0 saturated carbocycles. The zero-order chi connectivity index (χ0) is 6.53. The summed E-state index contributed by atoms with van der Waals surface area (Å²) in [4.78, 5) is 0. The van der Waals surface area contributed by atoms with Crippen LogP contribution in [0.3, 0.4) is 0 Å². The van der Waals surface area contributed by atoms with Crippen LogP contribution in [0.15, 0.2) is 34.8 Å². The predicted molar refractivity (Wildman–Crippen MR) is 39.9 cm³/mol. The molecule has 9 heavy (non-hydrogen) atoms. The Balaban J connectivity index is 2.85. The molecule has 0 atom stereocenters. The summed E-state index contributed by atoms with van der Waals surface area (Å²) < 4.78 is 3.35. The zero-order valence-electron chi connectivity index (χ0n) is 4.79. The molecule has 0 radical (unpaired) electrons. The number of rotatable bonds is 1. The summed E-state index contributed by atoms with van der Waals surface area (Å²) >= 11 is 5.11. The van der Waals surface area contributed by atoms with Crippen molar-refractivity contribution < 1.29 is 0 Å². The van der Waals surface area contributed by atoms with E-state index in [4.69, 9.17) is 11.8 Å². The molecule has 0 aromatic heterocycles. The van der Waals surface area contributed by atoms with Crippen LogP contribution in [0.4, 0.5) is 0 Å². The molecule has 0 aliphatic carbocycles. The first-order valence-corrected chi connectivity index (χ1v) is 2.96. The predicted octanol–water partition coefficient (Wildman–Crippen LogP) is 2.26. The van der Waals surface area contributed by atoms with Crippen LogP contribution in [0, 0.1) is 0 Å². The molecular weight excluding hydrogens is 134 g/mol. The van der Waals surface area contributed by atoms with Crippen molar-refractivity contribution in [3.63, 3.8) is 0 Å². The Bertz CT molecular complexity index is 193. The number of nitrogens with zero attached hydrogens (tertiary/aromatic N) is 1. The van der Waals surface area contributed by atoms with Crippen LogP contribution in [0.1, 0.15) is 5.56 Å². The lowest BCUT2D eigenvalue weighted by atomic mass is 10.2. The van der Waals surface area contributed by atoms with Crippen molar-refractivity contribution in [2.75, 3.05) is 0 Å². The quantitative estimate of drug-likeness (QED) is 0.530. The Hall–Kier alpha value is -0.820. The van der Waals surface area contributed by atoms with E-state index in [9.17, 15) is 0 Å². The van der Waals surface area contributed by atoms with E-state index in [1.165, 1.54) is 0 Å². The highest BCUT2D eigenvalue weighted by Gasteiger charge is 1.79. The van der Waals surface area contributed by atoms with Gasteiger partial charge in [-0.2, -0.15) is 4.51 Å². The standard InChI is InChI=1S/C7H6ClN/c8-9-6-7-4-2-1-3-5-7/h1-6H/b9-6+. The molecule has 0 spiro atoms. The smallest absolute Gasteiger partial charge is 0.0487 e. The second-order valence-electron chi connectivity index (χ2n) is 1.64. The zero-order valence-corrected chi connectivity index (χ0v) is 5.55. The van der Waals surface area contributed by atoms with Gasteiger partial charge in [-0.3, -0.25) is 0 Å². The summed E-state index contributed by atoms with van der Waals surface area (Å²) in [6, 6.07) is 9.70. The minimum absolute atomic E-state index is 1.02. The van der Waals surface area contributed by atoms with Crippen molar-refractivity contribution in [1.82, 2.24) is 0 Å². The Kier molecular flexibility index (Phi) is 2.28. The summed E-state index contributed by atoms with van der Waals surface area (Å²) in [5, 5.41) is 0. The van der Waals surface area contributed by atoms with Crippen LogP contribution in [-0.4, -0.2) is 6.21 Å². The molecule has 1 aromatic rings. The van der Waals surface area contributed by atoms with Crippen molar-refractivity contribution in [1.29, 1.82) is 0 Å². The van der Waals surface area contributed by atoms with E-state index >= 15 is 0 Å². The van der Waals surface area contributed by atoms with Gasteiger partial charge in [0.25, 0.3) is 0 Å². The highest BCUT2D eigenvalue weighted by molar-refractivity contribution is 6.18. The van der Waals surface area contributed by atoms with Crippen LogP contribution < -0.4 is 0 Å². The highest BCUT2D eigenvalue weighted by Crippen LogP contribution is 1.93. The maximum absolute atomic E-state index is 5.11. The fourth-order valence-electron chi connectivity index (χ4n) is 0.595. The van der Waals surface area contributed by atoms with Crippen molar-refractivity contribution >= 4 is 18.0 Å². The fraction of sp³-hybridized carbons (Fsp3) is 0. The summed E-state index contributed by atoms with van der Waals surface area (Å²) in [6.07, 6.45) is 1.60. The highest BCUT2D eigenvalue weighted by atomic mass is 35.5. The molecular formula is C7H6ClN. The summed E-state index contributed by atoms with van der Waals surface area (Å²) in [5.41, 5.74) is 1.02. The van der Waals surface area contributed by atoms with Gasteiger partial charge in [-0.05, 0) is 5.56 Å². The van der Waals surface area contributed by atoms with Gasteiger partial charge in [0.2, 0.25) is 0 Å². The second kappa shape index (κ2) is 3.25. The van der Waals surface area contributed by atoms with Gasteiger partial charge in [0.1, 0.15) is 0 Å². The monoisotopic (exact) mass is 139 g/mol. The normalized spacial score (nSPS) is 10.3. The summed E-state index contributed by atoms with van der Waals surface area (Å²) in [6.45, 7) is 0. The van der Waals surface area contributed by atoms with Gasteiger partial charge in [0.15, 0.2) is 0 Å². The molecule has 0 fully saturated rings. The molecule has 46 valence electrons. The minimum atomic E-state index is 1.02. The van der Waals surface area contributed by atoms with E-state index < -0.39 is 0 Å². The molecule has 0 aliphatic rings. The van der Waals surface area contributed by atoms with E-state index in [1.54, 1.807) is 6.21 Å². The molecule has 0 N–H and O–H groups in total. The Morgan fingerprint density at radius 1 is 1.22 bits per heavy atom. The largest absolute Gasteiger partial charge is 0.185 e. The van der Waals surface area contributed by atoms with Gasteiger partial charge in [-0.25, -0.2) is 0 Å². The van der Waals surface area contributed by atoms with Crippen LogP contribution in [0.5, 0.6) is 0 Å². The van der Waals surface area contributed by atoms with Gasteiger partial charge in [0, 0.05) is 18.0 Å². The number of hydrogen-bond acceptors (Lipinski definition) is 1. The molecule has 0 saturated heterocycles. The maximum Gasteiger partial charge on any atom is 0.0487 e. The van der Waals surface area contributed by atoms with E-state index in [-0.39, 0.29) is 0 Å². The van der Waals surface area contributed by atoms with Crippen LogP contribution in [-0.2, 0) is 0 Å². The van der Waals surface area contributed by atoms with Crippen molar-refractivity contribution in [2.45, 2.75) is 0 Å². The number of benzene rings is 1. The average molecular weight is 140 g/mol. The van der Waals surface area contributed by atoms with Crippen molar-refractivity contribution in [3.8, 4) is 0 Å². The SMILES string of the molecule is Cl/N=C/c1ccccc1. The Morgan fingerprint density at radius 3 is 2.44 bits per heavy atom. The van der Waals surface area contributed by atoms with Gasteiger partial charge in [0.05, 0.1) is 0 Å². The lowest BCUT2D eigenvalue weighted by Crippen LogP contribution is -1.74. The molecule has 0 aliphatic heterocycles. The first kappa shape index (κ1) is 6.30. The lowest BCUT2D eigenvalue weighted by Gasteiger charge is -1.85. The molecule has 2 heteroatoms. The van der Waals surface area contributed by atoms with Crippen LogP contribution in [0.2, 0.25) is 0 Å².